The lowest BCUT2D eigenvalue weighted by Crippen LogP contribution is -2.24. The van der Waals surface area contributed by atoms with Gasteiger partial charge >= 0.3 is 0 Å². The summed E-state index contributed by atoms with van der Waals surface area (Å²) in [4.78, 5) is 0.188. The SMILES string of the molecule is CCOc1ccc(C(C)(C)C)cc1S(=O)(=O)NCc1ccccc1. The van der Waals surface area contributed by atoms with Crippen LogP contribution in [0.3, 0.4) is 0 Å². The van der Waals surface area contributed by atoms with Gasteiger partial charge < -0.3 is 4.74 Å². The van der Waals surface area contributed by atoms with Crippen LogP contribution >= 0.6 is 0 Å². The summed E-state index contributed by atoms with van der Waals surface area (Å²) in [5.74, 6) is 0.381. The molecule has 0 heterocycles. The van der Waals surface area contributed by atoms with E-state index in [1.807, 2.05) is 43.3 Å². The molecule has 0 aliphatic rings. The van der Waals surface area contributed by atoms with Gasteiger partial charge in [-0.2, -0.15) is 0 Å². The lowest BCUT2D eigenvalue weighted by molar-refractivity contribution is 0.330. The Labute approximate surface area is 144 Å². The number of hydrogen-bond donors (Lipinski definition) is 1. The van der Waals surface area contributed by atoms with E-state index >= 15 is 0 Å². The number of ether oxygens (including phenoxy) is 1. The molecule has 0 aliphatic carbocycles. The summed E-state index contributed by atoms with van der Waals surface area (Å²) in [5, 5.41) is 0. The molecule has 130 valence electrons. The van der Waals surface area contributed by atoms with E-state index in [9.17, 15) is 8.42 Å². The average molecular weight is 347 g/mol. The molecule has 0 aliphatic heterocycles. The van der Waals surface area contributed by atoms with Crippen molar-refractivity contribution < 1.29 is 13.2 Å². The molecule has 0 atom stereocenters. The summed E-state index contributed by atoms with van der Waals surface area (Å²) in [6, 6.07) is 14.8. The molecule has 0 aromatic heterocycles. The average Bonchev–Trinajstić information content (AvgIpc) is 2.53. The van der Waals surface area contributed by atoms with Crippen molar-refractivity contribution in [1.82, 2.24) is 4.72 Å². The van der Waals surface area contributed by atoms with E-state index in [4.69, 9.17) is 4.74 Å². The minimum Gasteiger partial charge on any atom is -0.492 e. The quantitative estimate of drug-likeness (QED) is 0.863. The molecule has 0 radical (unpaired) electrons. The Morgan fingerprint density at radius 1 is 1.04 bits per heavy atom. The van der Waals surface area contributed by atoms with E-state index in [0.717, 1.165) is 11.1 Å². The summed E-state index contributed by atoms with van der Waals surface area (Å²) in [7, 11) is -3.67. The second-order valence-electron chi connectivity index (χ2n) is 6.65. The van der Waals surface area contributed by atoms with Crippen LogP contribution < -0.4 is 9.46 Å². The van der Waals surface area contributed by atoms with Crippen molar-refractivity contribution in [1.29, 1.82) is 0 Å². The van der Waals surface area contributed by atoms with Gasteiger partial charge in [0.1, 0.15) is 10.6 Å². The van der Waals surface area contributed by atoms with Gasteiger partial charge in [-0.25, -0.2) is 13.1 Å². The van der Waals surface area contributed by atoms with E-state index in [2.05, 4.69) is 25.5 Å². The zero-order valence-corrected chi connectivity index (χ0v) is 15.5. The van der Waals surface area contributed by atoms with Crippen LogP contribution in [-0.2, 0) is 22.0 Å². The molecule has 0 saturated carbocycles. The van der Waals surface area contributed by atoms with Gasteiger partial charge in [-0.3, -0.25) is 0 Å². The zero-order valence-electron chi connectivity index (χ0n) is 14.7. The van der Waals surface area contributed by atoms with Crippen LogP contribution in [-0.4, -0.2) is 15.0 Å². The monoisotopic (exact) mass is 347 g/mol. The summed E-state index contributed by atoms with van der Waals surface area (Å²) in [6.07, 6.45) is 0. The van der Waals surface area contributed by atoms with E-state index in [0.29, 0.717) is 12.4 Å². The maximum atomic E-state index is 12.8. The van der Waals surface area contributed by atoms with E-state index in [1.54, 1.807) is 12.1 Å². The fourth-order valence-corrected chi connectivity index (χ4v) is 3.50. The van der Waals surface area contributed by atoms with Gasteiger partial charge in [0, 0.05) is 6.54 Å². The first kappa shape index (κ1) is 18.5. The molecule has 24 heavy (non-hydrogen) atoms. The van der Waals surface area contributed by atoms with Crippen LogP contribution in [0, 0.1) is 0 Å². The molecule has 2 aromatic carbocycles. The Morgan fingerprint density at radius 3 is 2.29 bits per heavy atom. The number of hydrogen-bond acceptors (Lipinski definition) is 3. The van der Waals surface area contributed by atoms with Crippen molar-refractivity contribution in [3.05, 3.63) is 59.7 Å². The van der Waals surface area contributed by atoms with Gasteiger partial charge in [0.15, 0.2) is 0 Å². The molecule has 5 heteroatoms. The highest BCUT2D eigenvalue weighted by Crippen LogP contribution is 2.31. The third kappa shape index (κ3) is 4.58. The Bertz CT molecular complexity index is 778. The second kappa shape index (κ2) is 7.36. The first-order valence-corrected chi connectivity index (χ1v) is 9.53. The fourth-order valence-electron chi connectivity index (χ4n) is 2.31. The maximum Gasteiger partial charge on any atom is 0.244 e. The first-order chi connectivity index (χ1) is 11.2. The van der Waals surface area contributed by atoms with Crippen LogP contribution in [0.15, 0.2) is 53.4 Å². The minimum atomic E-state index is -3.67. The number of sulfonamides is 1. The van der Waals surface area contributed by atoms with Gasteiger partial charge in [-0.1, -0.05) is 57.2 Å². The van der Waals surface area contributed by atoms with Crippen molar-refractivity contribution in [2.24, 2.45) is 0 Å². The van der Waals surface area contributed by atoms with Gasteiger partial charge in [0.05, 0.1) is 6.61 Å². The van der Waals surface area contributed by atoms with Crippen molar-refractivity contribution in [3.63, 3.8) is 0 Å². The molecule has 2 aromatic rings. The highest BCUT2D eigenvalue weighted by atomic mass is 32.2. The molecule has 2 rings (SSSR count). The molecule has 0 unspecified atom stereocenters. The lowest BCUT2D eigenvalue weighted by Gasteiger charge is -2.21. The van der Waals surface area contributed by atoms with Crippen molar-refractivity contribution in [2.75, 3.05) is 6.61 Å². The highest BCUT2D eigenvalue weighted by Gasteiger charge is 2.23. The Balaban J connectivity index is 2.35. The highest BCUT2D eigenvalue weighted by molar-refractivity contribution is 7.89. The first-order valence-electron chi connectivity index (χ1n) is 8.05. The van der Waals surface area contributed by atoms with Gasteiger partial charge in [-0.15, -0.1) is 0 Å². The largest absolute Gasteiger partial charge is 0.492 e. The van der Waals surface area contributed by atoms with Crippen molar-refractivity contribution in [3.8, 4) is 5.75 Å². The summed E-state index contributed by atoms with van der Waals surface area (Å²) in [5.41, 5.74) is 1.71. The van der Waals surface area contributed by atoms with Gasteiger partial charge in [0.2, 0.25) is 10.0 Å². The van der Waals surface area contributed by atoms with Crippen LogP contribution in [0.25, 0.3) is 0 Å². The van der Waals surface area contributed by atoms with Crippen LogP contribution in [0.1, 0.15) is 38.8 Å². The Morgan fingerprint density at radius 2 is 1.71 bits per heavy atom. The normalized spacial score (nSPS) is 12.2. The Hall–Kier alpha value is -1.85. The van der Waals surface area contributed by atoms with E-state index in [-0.39, 0.29) is 16.9 Å². The summed E-state index contributed by atoms with van der Waals surface area (Å²) in [6.45, 7) is 8.65. The number of benzene rings is 2. The van der Waals surface area contributed by atoms with Crippen molar-refractivity contribution in [2.45, 2.75) is 44.6 Å². The number of rotatable bonds is 6. The second-order valence-corrected chi connectivity index (χ2v) is 8.39. The van der Waals surface area contributed by atoms with E-state index in [1.165, 1.54) is 0 Å². The molecular weight excluding hydrogens is 322 g/mol. The zero-order chi connectivity index (χ0) is 17.8. The molecule has 4 nitrogen and oxygen atoms in total. The predicted molar refractivity (Wildman–Crippen MR) is 96.8 cm³/mol. The van der Waals surface area contributed by atoms with Gasteiger partial charge in [-0.05, 0) is 35.6 Å². The summed E-state index contributed by atoms with van der Waals surface area (Å²) >= 11 is 0. The smallest absolute Gasteiger partial charge is 0.244 e. The molecule has 0 amide bonds. The van der Waals surface area contributed by atoms with Gasteiger partial charge in [0.25, 0.3) is 0 Å². The number of nitrogens with one attached hydrogen (secondary N) is 1. The molecule has 0 spiro atoms. The third-order valence-corrected chi connectivity index (χ3v) is 5.13. The standard InChI is InChI=1S/C19H25NO3S/c1-5-23-17-12-11-16(19(2,3)4)13-18(17)24(21,22)20-14-15-9-7-6-8-10-15/h6-13,20H,5,14H2,1-4H3. The fraction of sp³-hybridized carbons (Fsp3) is 0.368. The maximum absolute atomic E-state index is 12.8. The van der Waals surface area contributed by atoms with Crippen LogP contribution in [0.2, 0.25) is 0 Å². The third-order valence-electron chi connectivity index (χ3n) is 3.71. The van der Waals surface area contributed by atoms with Crippen LogP contribution in [0.5, 0.6) is 5.75 Å². The molecule has 1 N–H and O–H groups in total. The molecule has 0 saturated heterocycles. The predicted octanol–water partition coefficient (Wildman–Crippen LogP) is 3.86. The van der Waals surface area contributed by atoms with E-state index < -0.39 is 10.0 Å². The van der Waals surface area contributed by atoms with Crippen molar-refractivity contribution >= 4 is 10.0 Å². The molecule has 0 fully saturated rings. The molecular formula is C19H25NO3S. The Kier molecular flexibility index (Phi) is 5.67. The lowest BCUT2D eigenvalue weighted by atomic mass is 9.87. The topological polar surface area (TPSA) is 55.4 Å². The molecule has 0 bridgehead atoms. The summed E-state index contributed by atoms with van der Waals surface area (Å²) < 4.78 is 33.8. The van der Waals surface area contributed by atoms with Crippen LogP contribution in [0.4, 0.5) is 0 Å². The minimum absolute atomic E-state index is 0.144.